The van der Waals surface area contributed by atoms with Gasteiger partial charge in [0.05, 0.1) is 0 Å². The number of amides is 3. The first-order chi connectivity index (χ1) is 16.2. The van der Waals surface area contributed by atoms with E-state index in [1.54, 1.807) is 25.7 Å². The Morgan fingerprint density at radius 3 is 2.14 bits per heavy atom. The Morgan fingerprint density at radius 2 is 1.63 bits per heavy atom. The van der Waals surface area contributed by atoms with E-state index in [2.05, 4.69) is 17.6 Å². The zero-order valence-electron chi connectivity index (χ0n) is 23.5. The minimum Gasteiger partial charge on any atom is -0.444 e. The molecule has 7 nitrogen and oxygen atoms in total. The van der Waals surface area contributed by atoms with E-state index in [1.165, 1.54) is 0 Å². The second kappa shape index (κ2) is 13.5. The number of nitrogens with one attached hydrogen (secondary N) is 2. The van der Waals surface area contributed by atoms with Gasteiger partial charge in [-0.2, -0.15) is 0 Å². The van der Waals surface area contributed by atoms with E-state index in [4.69, 9.17) is 4.74 Å². The quantitative estimate of drug-likeness (QED) is 0.405. The van der Waals surface area contributed by atoms with Gasteiger partial charge < -0.3 is 20.3 Å². The number of hydrogen-bond donors (Lipinski definition) is 2. The Balaban J connectivity index is 3.53. The van der Waals surface area contributed by atoms with Gasteiger partial charge in [-0.05, 0) is 71.9 Å². The van der Waals surface area contributed by atoms with E-state index < -0.39 is 23.8 Å². The predicted molar refractivity (Wildman–Crippen MR) is 141 cm³/mol. The van der Waals surface area contributed by atoms with Crippen molar-refractivity contribution in [1.82, 2.24) is 15.5 Å². The summed E-state index contributed by atoms with van der Waals surface area (Å²) in [5, 5.41) is 5.78. The number of carbonyl (C=O) groups is 3. The number of nitrogens with zero attached hydrogens (tertiary/aromatic N) is 1. The summed E-state index contributed by atoms with van der Waals surface area (Å²) >= 11 is 0. The summed E-state index contributed by atoms with van der Waals surface area (Å²) in [6.45, 7) is 19.4. The van der Waals surface area contributed by atoms with Gasteiger partial charge in [0, 0.05) is 12.6 Å². The van der Waals surface area contributed by atoms with Crippen molar-refractivity contribution >= 4 is 17.9 Å². The van der Waals surface area contributed by atoms with E-state index in [0.717, 1.165) is 36.0 Å². The molecular formula is C28H47N3O4. The van der Waals surface area contributed by atoms with Crippen molar-refractivity contribution in [3.05, 3.63) is 34.9 Å². The highest BCUT2D eigenvalue weighted by Gasteiger charge is 2.38. The van der Waals surface area contributed by atoms with Crippen LogP contribution in [0.3, 0.4) is 0 Å². The molecule has 0 bridgehead atoms. The number of rotatable bonds is 11. The Morgan fingerprint density at radius 1 is 1.00 bits per heavy atom. The highest BCUT2D eigenvalue weighted by molar-refractivity contribution is 5.92. The molecule has 198 valence electrons. The summed E-state index contributed by atoms with van der Waals surface area (Å²) in [4.78, 5) is 41.9. The lowest BCUT2D eigenvalue weighted by molar-refractivity contribution is -0.143. The Bertz CT molecular complexity index is 858. The fourth-order valence-electron chi connectivity index (χ4n) is 3.89. The molecule has 0 spiro atoms. The van der Waals surface area contributed by atoms with Gasteiger partial charge in [-0.25, -0.2) is 4.79 Å². The maximum atomic E-state index is 14.1. The minimum absolute atomic E-state index is 0.0801. The molecule has 0 aliphatic rings. The predicted octanol–water partition coefficient (Wildman–Crippen LogP) is 5.44. The van der Waals surface area contributed by atoms with Gasteiger partial charge in [-0.15, -0.1) is 0 Å². The molecule has 0 radical (unpaired) electrons. The molecule has 1 aromatic carbocycles. The summed E-state index contributed by atoms with van der Waals surface area (Å²) in [6.07, 6.45) is 2.03. The zero-order chi connectivity index (χ0) is 26.9. The maximum absolute atomic E-state index is 14.1. The third-order valence-corrected chi connectivity index (χ3v) is 5.61. The van der Waals surface area contributed by atoms with Gasteiger partial charge in [-0.1, -0.05) is 57.4 Å². The molecule has 0 heterocycles. The molecule has 0 aliphatic heterocycles. The molecule has 1 aromatic rings. The summed E-state index contributed by atoms with van der Waals surface area (Å²) in [7, 11) is 0. The maximum Gasteiger partial charge on any atom is 0.408 e. The summed E-state index contributed by atoms with van der Waals surface area (Å²) < 4.78 is 5.43. The topological polar surface area (TPSA) is 87.7 Å². The van der Waals surface area contributed by atoms with Crippen molar-refractivity contribution in [3.8, 4) is 0 Å². The third kappa shape index (κ3) is 9.90. The average Bonchev–Trinajstić information content (AvgIpc) is 2.71. The molecule has 3 amide bonds. The lowest BCUT2D eigenvalue weighted by Gasteiger charge is -2.36. The summed E-state index contributed by atoms with van der Waals surface area (Å²) in [6, 6.07) is 4.25. The Hall–Kier alpha value is -2.57. The lowest BCUT2D eigenvalue weighted by atomic mass is 9.94. The van der Waals surface area contributed by atoms with Gasteiger partial charge in [0.2, 0.25) is 11.8 Å². The number of aryl methyl sites for hydroxylation is 2. The van der Waals surface area contributed by atoms with E-state index in [9.17, 15) is 14.4 Å². The van der Waals surface area contributed by atoms with Gasteiger partial charge >= 0.3 is 6.09 Å². The van der Waals surface area contributed by atoms with E-state index >= 15 is 0 Å². The molecule has 0 saturated heterocycles. The van der Waals surface area contributed by atoms with Crippen molar-refractivity contribution < 1.29 is 19.1 Å². The lowest BCUT2D eigenvalue weighted by Crippen LogP contribution is -2.55. The number of ether oxygens (including phenoxy) is 1. The van der Waals surface area contributed by atoms with Crippen LogP contribution in [0.25, 0.3) is 0 Å². The van der Waals surface area contributed by atoms with Crippen molar-refractivity contribution in [2.75, 3.05) is 6.54 Å². The molecule has 7 heteroatoms. The van der Waals surface area contributed by atoms with Gasteiger partial charge in [0.1, 0.15) is 17.7 Å². The first-order valence-corrected chi connectivity index (χ1v) is 12.8. The van der Waals surface area contributed by atoms with Crippen LogP contribution >= 0.6 is 0 Å². The standard InChI is InChI=1S/C28H47N3O4/c1-11-12-13-16-31(26(33)23(18(2)3)30-27(34)35-28(8,9)10)24(25(32)29-19(4)5)22-17-20(6)14-15-21(22)7/h14-15,17-19,23-24H,11-13,16H2,1-10H3,(H,29,32)(H,30,34). The third-order valence-electron chi connectivity index (χ3n) is 5.61. The van der Waals surface area contributed by atoms with Gasteiger partial charge in [0.15, 0.2) is 0 Å². The normalized spacial score (nSPS) is 13.4. The fraction of sp³-hybridized carbons (Fsp3) is 0.679. The van der Waals surface area contributed by atoms with Crippen LogP contribution in [0.2, 0.25) is 0 Å². The van der Waals surface area contributed by atoms with E-state index in [1.807, 2.05) is 59.7 Å². The molecule has 0 fully saturated rings. The molecule has 2 unspecified atom stereocenters. The molecule has 0 aliphatic carbocycles. The Kier molecular flexibility index (Phi) is 11.7. The molecule has 2 N–H and O–H groups in total. The molecule has 1 rings (SSSR count). The zero-order valence-corrected chi connectivity index (χ0v) is 23.5. The largest absolute Gasteiger partial charge is 0.444 e. The average molecular weight is 490 g/mol. The number of hydrogen-bond acceptors (Lipinski definition) is 4. The highest BCUT2D eigenvalue weighted by Crippen LogP contribution is 2.28. The van der Waals surface area contributed by atoms with Crippen LogP contribution in [0.1, 0.15) is 97.4 Å². The smallest absolute Gasteiger partial charge is 0.408 e. The van der Waals surface area contributed by atoms with Crippen LogP contribution in [0.5, 0.6) is 0 Å². The van der Waals surface area contributed by atoms with Crippen LogP contribution < -0.4 is 10.6 Å². The van der Waals surface area contributed by atoms with Crippen LogP contribution in [-0.4, -0.2) is 47.0 Å². The van der Waals surface area contributed by atoms with Gasteiger partial charge in [0.25, 0.3) is 0 Å². The van der Waals surface area contributed by atoms with Crippen LogP contribution in [0.15, 0.2) is 18.2 Å². The minimum atomic E-state index is -0.828. The number of alkyl carbamates (subject to hydrolysis) is 1. The summed E-state index contributed by atoms with van der Waals surface area (Å²) in [5.41, 5.74) is 2.07. The SMILES string of the molecule is CCCCCN(C(=O)C(NC(=O)OC(C)(C)C)C(C)C)C(C(=O)NC(C)C)c1cc(C)ccc1C. The molecule has 2 atom stereocenters. The first-order valence-electron chi connectivity index (χ1n) is 12.8. The molecule has 35 heavy (non-hydrogen) atoms. The highest BCUT2D eigenvalue weighted by atomic mass is 16.6. The molecular weight excluding hydrogens is 442 g/mol. The van der Waals surface area contributed by atoms with Crippen molar-refractivity contribution in [2.45, 2.75) is 112 Å². The monoisotopic (exact) mass is 489 g/mol. The molecule has 0 aromatic heterocycles. The number of unbranched alkanes of at least 4 members (excludes halogenated alkanes) is 2. The number of benzene rings is 1. The van der Waals surface area contributed by atoms with Crippen molar-refractivity contribution in [2.24, 2.45) is 5.92 Å². The van der Waals surface area contributed by atoms with Gasteiger partial charge in [-0.3, -0.25) is 9.59 Å². The molecule has 0 saturated carbocycles. The van der Waals surface area contributed by atoms with Crippen molar-refractivity contribution in [3.63, 3.8) is 0 Å². The fourth-order valence-corrected chi connectivity index (χ4v) is 3.89. The van der Waals surface area contributed by atoms with Crippen LogP contribution in [0, 0.1) is 19.8 Å². The van der Waals surface area contributed by atoms with Crippen molar-refractivity contribution in [1.29, 1.82) is 0 Å². The number of carbonyl (C=O) groups excluding carboxylic acids is 3. The van der Waals surface area contributed by atoms with E-state index in [0.29, 0.717) is 6.54 Å². The van der Waals surface area contributed by atoms with Crippen LogP contribution in [0.4, 0.5) is 4.79 Å². The van der Waals surface area contributed by atoms with Crippen LogP contribution in [-0.2, 0) is 14.3 Å². The Labute approximate surface area is 212 Å². The van der Waals surface area contributed by atoms with E-state index in [-0.39, 0.29) is 23.8 Å². The second-order valence-electron chi connectivity index (χ2n) is 11.0. The second-order valence-corrected chi connectivity index (χ2v) is 11.0. The first kappa shape index (κ1) is 30.5. The summed E-state index contributed by atoms with van der Waals surface area (Å²) in [5.74, 6) is -0.707.